The second kappa shape index (κ2) is 7.46. The van der Waals surface area contributed by atoms with E-state index in [2.05, 4.69) is 5.32 Å². The summed E-state index contributed by atoms with van der Waals surface area (Å²) < 4.78 is 5.36. The highest BCUT2D eigenvalue weighted by molar-refractivity contribution is 5.94. The number of benzene rings is 1. The topological polar surface area (TPSA) is 58.6 Å². The first kappa shape index (κ1) is 15.8. The number of amides is 1. The molecule has 1 fully saturated rings. The molecule has 1 aliphatic carbocycles. The molecule has 1 aliphatic rings. The Morgan fingerprint density at radius 1 is 1.24 bits per heavy atom. The molecule has 0 saturated heterocycles. The average Bonchev–Trinajstić information content (AvgIpc) is 2.54. The molecule has 1 amide bonds. The summed E-state index contributed by atoms with van der Waals surface area (Å²) in [6.07, 6.45) is 5.49. The highest BCUT2D eigenvalue weighted by Crippen LogP contribution is 2.35. The Bertz CT molecular complexity index is 450. The van der Waals surface area contributed by atoms with Crippen LogP contribution < -0.4 is 10.1 Å². The minimum atomic E-state index is -0.126. The standard InChI is InChI=1S/C17H25NO3/c1-2-21-15-8-6-14(7-9-15)16(20)18-12-17(13-19)10-4-3-5-11-17/h6-9,19H,2-5,10-13H2,1H3,(H,18,20). The van der Waals surface area contributed by atoms with Crippen molar-refractivity contribution in [3.8, 4) is 5.75 Å². The van der Waals surface area contributed by atoms with Crippen molar-refractivity contribution in [2.24, 2.45) is 5.41 Å². The molecule has 2 N–H and O–H groups in total. The number of hydrogen-bond donors (Lipinski definition) is 2. The molecule has 1 aromatic rings. The van der Waals surface area contributed by atoms with Gasteiger partial charge in [-0.05, 0) is 44.0 Å². The first-order valence-corrected chi connectivity index (χ1v) is 7.81. The molecule has 4 nitrogen and oxygen atoms in total. The average molecular weight is 291 g/mol. The highest BCUT2D eigenvalue weighted by Gasteiger charge is 2.31. The molecule has 2 rings (SSSR count). The Kier molecular flexibility index (Phi) is 5.62. The van der Waals surface area contributed by atoms with Gasteiger partial charge in [0.2, 0.25) is 0 Å². The van der Waals surface area contributed by atoms with E-state index in [9.17, 15) is 9.90 Å². The van der Waals surface area contributed by atoms with Gasteiger partial charge in [0, 0.05) is 17.5 Å². The summed E-state index contributed by atoms with van der Waals surface area (Å²) in [5.41, 5.74) is 0.501. The zero-order valence-electron chi connectivity index (χ0n) is 12.7. The molecule has 0 spiro atoms. The number of aliphatic hydroxyl groups is 1. The van der Waals surface area contributed by atoms with E-state index in [1.54, 1.807) is 24.3 Å². The molecule has 0 aliphatic heterocycles. The Hall–Kier alpha value is -1.55. The van der Waals surface area contributed by atoms with E-state index in [0.717, 1.165) is 31.4 Å². The van der Waals surface area contributed by atoms with E-state index in [1.165, 1.54) is 6.42 Å². The third kappa shape index (κ3) is 4.21. The van der Waals surface area contributed by atoms with E-state index in [0.29, 0.717) is 18.7 Å². The van der Waals surface area contributed by atoms with E-state index in [-0.39, 0.29) is 17.9 Å². The third-order valence-electron chi connectivity index (χ3n) is 4.30. The van der Waals surface area contributed by atoms with Gasteiger partial charge in [-0.15, -0.1) is 0 Å². The quantitative estimate of drug-likeness (QED) is 0.847. The third-order valence-corrected chi connectivity index (χ3v) is 4.30. The lowest BCUT2D eigenvalue weighted by Crippen LogP contribution is -2.41. The number of carbonyl (C=O) groups is 1. The van der Waals surface area contributed by atoms with E-state index in [4.69, 9.17) is 4.74 Å². The van der Waals surface area contributed by atoms with Gasteiger partial charge in [0.1, 0.15) is 5.75 Å². The maximum absolute atomic E-state index is 12.2. The summed E-state index contributed by atoms with van der Waals surface area (Å²) >= 11 is 0. The summed E-state index contributed by atoms with van der Waals surface area (Å²) in [5.74, 6) is 0.685. The van der Waals surface area contributed by atoms with E-state index < -0.39 is 0 Å². The molecule has 4 heteroatoms. The van der Waals surface area contributed by atoms with Crippen LogP contribution in [-0.2, 0) is 0 Å². The number of aliphatic hydroxyl groups excluding tert-OH is 1. The predicted molar refractivity (Wildman–Crippen MR) is 82.5 cm³/mol. The molecule has 0 aromatic heterocycles. The Labute approximate surface area is 126 Å². The second-order valence-corrected chi connectivity index (χ2v) is 5.86. The highest BCUT2D eigenvalue weighted by atomic mass is 16.5. The van der Waals surface area contributed by atoms with Crippen LogP contribution in [0.5, 0.6) is 5.75 Å². The van der Waals surface area contributed by atoms with Crippen molar-refractivity contribution in [2.45, 2.75) is 39.0 Å². The lowest BCUT2D eigenvalue weighted by atomic mass is 9.74. The minimum Gasteiger partial charge on any atom is -0.494 e. The molecule has 0 unspecified atom stereocenters. The van der Waals surface area contributed by atoms with Crippen LogP contribution in [-0.4, -0.2) is 30.8 Å². The van der Waals surface area contributed by atoms with Crippen LogP contribution in [0.1, 0.15) is 49.4 Å². The van der Waals surface area contributed by atoms with Crippen LogP contribution in [0.2, 0.25) is 0 Å². The number of nitrogens with one attached hydrogen (secondary N) is 1. The van der Waals surface area contributed by atoms with Gasteiger partial charge < -0.3 is 15.2 Å². The summed E-state index contributed by atoms with van der Waals surface area (Å²) in [6, 6.07) is 7.15. The largest absolute Gasteiger partial charge is 0.494 e. The van der Waals surface area contributed by atoms with Gasteiger partial charge in [0.05, 0.1) is 13.2 Å². The van der Waals surface area contributed by atoms with Crippen LogP contribution in [0, 0.1) is 5.41 Å². The van der Waals surface area contributed by atoms with Crippen molar-refractivity contribution in [1.29, 1.82) is 0 Å². The van der Waals surface area contributed by atoms with Crippen LogP contribution in [0.25, 0.3) is 0 Å². The SMILES string of the molecule is CCOc1ccc(C(=O)NCC2(CO)CCCCC2)cc1. The zero-order chi connectivity index (χ0) is 15.1. The van der Waals surface area contributed by atoms with Crippen molar-refractivity contribution >= 4 is 5.91 Å². The van der Waals surface area contributed by atoms with Gasteiger partial charge in [0.25, 0.3) is 5.91 Å². The molecule has 116 valence electrons. The smallest absolute Gasteiger partial charge is 0.251 e. The maximum atomic E-state index is 12.2. The van der Waals surface area contributed by atoms with Gasteiger partial charge in [-0.3, -0.25) is 4.79 Å². The lowest BCUT2D eigenvalue weighted by Gasteiger charge is -2.35. The molecular formula is C17H25NO3. The van der Waals surface area contributed by atoms with Crippen molar-refractivity contribution in [2.75, 3.05) is 19.8 Å². The maximum Gasteiger partial charge on any atom is 0.251 e. The van der Waals surface area contributed by atoms with Crippen LogP contribution in [0.3, 0.4) is 0 Å². The van der Waals surface area contributed by atoms with Gasteiger partial charge in [-0.1, -0.05) is 19.3 Å². The van der Waals surface area contributed by atoms with Gasteiger partial charge in [-0.25, -0.2) is 0 Å². The number of hydrogen-bond acceptors (Lipinski definition) is 3. The first-order chi connectivity index (χ1) is 10.2. The molecule has 0 radical (unpaired) electrons. The fourth-order valence-electron chi connectivity index (χ4n) is 2.93. The van der Waals surface area contributed by atoms with Crippen molar-refractivity contribution in [3.05, 3.63) is 29.8 Å². The number of ether oxygens (including phenoxy) is 1. The van der Waals surface area contributed by atoms with Gasteiger partial charge in [-0.2, -0.15) is 0 Å². The van der Waals surface area contributed by atoms with Crippen molar-refractivity contribution in [1.82, 2.24) is 5.32 Å². The molecule has 0 heterocycles. The van der Waals surface area contributed by atoms with Crippen LogP contribution in [0.4, 0.5) is 0 Å². The minimum absolute atomic E-state index is 0.0866. The Morgan fingerprint density at radius 2 is 1.90 bits per heavy atom. The fraction of sp³-hybridized carbons (Fsp3) is 0.588. The van der Waals surface area contributed by atoms with Crippen LogP contribution >= 0.6 is 0 Å². The number of rotatable bonds is 6. The normalized spacial score (nSPS) is 17.2. The summed E-state index contributed by atoms with van der Waals surface area (Å²) in [5, 5.41) is 12.6. The van der Waals surface area contributed by atoms with Gasteiger partial charge in [0.15, 0.2) is 0 Å². The molecule has 0 bridgehead atoms. The second-order valence-electron chi connectivity index (χ2n) is 5.86. The zero-order valence-corrected chi connectivity index (χ0v) is 12.7. The summed E-state index contributed by atoms with van der Waals surface area (Å²) in [7, 11) is 0. The summed E-state index contributed by atoms with van der Waals surface area (Å²) in [6.45, 7) is 3.25. The molecule has 1 aromatic carbocycles. The van der Waals surface area contributed by atoms with E-state index >= 15 is 0 Å². The molecular weight excluding hydrogens is 266 g/mol. The van der Waals surface area contributed by atoms with Gasteiger partial charge >= 0.3 is 0 Å². The molecule has 0 atom stereocenters. The van der Waals surface area contributed by atoms with Crippen molar-refractivity contribution < 1.29 is 14.6 Å². The monoisotopic (exact) mass is 291 g/mol. The lowest BCUT2D eigenvalue weighted by molar-refractivity contribution is 0.0718. The fourth-order valence-corrected chi connectivity index (χ4v) is 2.93. The Balaban J connectivity index is 1.91. The van der Waals surface area contributed by atoms with Crippen molar-refractivity contribution in [3.63, 3.8) is 0 Å². The van der Waals surface area contributed by atoms with Crippen LogP contribution in [0.15, 0.2) is 24.3 Å². The Morgan fingerprint density at radius 3 is 2.48 bits per heavy atom. The van der Waals surface area contributed by atoms with E-state index in [1.807, 2.05) is 6.92 Å². The first-order valence-electron chi connectivity index (χ1n) is 7.81. The molecule has 21 heavy (non-hydrogen) atoms. The summed E-state index contributed by atoms with van der Waals surface area (Å²) in [4.78, 5) is 12.2. The molecule has 1 saturated carbocycles. The predicted octanol–water partition coefficient (Wildman–Crippen LogP) is 2.76. The number of carbonyl (C=O) groups excluding carboxylic acids is 1.